The zero-order chi connectivity index (χ0) is 10.9. The summed E-state index contributed by atoms with van der Waals surface area (Å²) < 4.78 is 18.3. The van der Waals surface area contributed by atoms with E-state index in [1.807, 2.05) is 6.07 Å². The first-order chi connectivity index (χ1) is 7.18. The van der Waals surface area contributed by atoms with E-state index in [0.717, 1.165) is 5.56 Å². The average Bonchev–Trinajstić information content (AvgIpc) is 2.16. The van der Waals surface area contributed by atoms with Crippen molar-refractivity contribution in [2.75, 3.05) is 13.2 Å². The van der Waals surface area contributed by atoms with Crippen LogP contribution >= 0.6 is 0 Å². The van der Waals surface area contributed by atoms with E-state index in [4.69, 9.17) is 10.00 Å². The fraction of sp³-hybridized carbons (Fsp3) is 0.417. The number of aryl methyl sites for hydroxylation is 1. The molecule has 1 aromatic rings. The Balaban J connectivity index is 2.36. The molecular weight excluding hydrogens is 193 g/mol. The quantitative estimate of drug-likeness (QED) is 0.742. The van der Waals surface area contributed by atoms with Crippen molar-refractivity contribution in [2.24, 2.45) is 0 Å². The first kappa shape index (κ1) is 10.1. The Morgan fingerprint density at radius 1 is 1.53 bits per heavy atom. The number of ether oxygens (including phenoxy) is 1. The molecule has 1 aliphatic heterocycles. The third-order valence-electron chi connectivity index (χ3n) is 2.94. The molecule has 1 heterocycles. The van der Waals surface area contributed by atoms with Gasteiger partial charge in [0.1, 0.15) is 5.82 Å². The van der Waals surface area contributed by atoms with E-state index in [1.54, 1.807) is 13.0 Å². The van der Waals surface area contributed by atoms with Crippen molar-refractivity contribution in [2.45, 2.75) is 18.8 Å². The molecule has 3 heteroatoms. The molecule has 0 saturated carbocycles. The molecule has 0 amide bonds. The van der Waals surface area contributed by atoms with Crippen molar-refractivity contribution in [3.05, 3.63) is 35.1 Å². The van der Waals surface area contributed by atoms with Crippen LogP contribution in [0.3, 0.4) is 0 Å². The van der Waals surface area contributed by atoms with Crippen LogP contribution in [-0.4, -0.2) is 13.2 Å². The number of benzene rings is 1. The van der Waals surface area contributed by atoms with Crippen LogP contribution in [0.2, 0.25) is 0 Å². The third kappa shape index (κ3) is 1.62. The van der Waals surface area contributed by atoms with Gasteiger partial charge in [-0.3, -0.25) is 0 Å². The standard InChI is InChI=1S/C12H12FNO/c1-9-6-10(2-3-11(9)13)12(4-5-14)7-15-8-12/h2-3,6H,4,7-8H2,1H3. The maximum absolute atomic E-state index is 13.1. The Morgan fingerprint density at radius 2 is 2.27 bits per heavy atom. The highest BCUT2D eigenvalue weighted by molar-refractivity contribution is 5.33. The molecule has 2 nitrogen and oxygen atoms in total. The van der Waals surface area contributed by atoms with E-state index in [-0.39, 0.29) is 11.2 Å². The van der Waals surface area contributed by atoms with Crippen molar-refractivity contribution in [1.82, 2.24) is 0 Å². The van der Waals surface area contributed by atoms with Crippen LogP contribution < -0.4 is 0 Å². The van der Waals surface area contributed by atoms with E-state index >= 15 is 0 Å². The van der Waals surface area contributed by atoms with E-state index in [0.29, 0.717) is 25.2 Å². The Morgan fingerprint density at radius 3 is 2.73 bits per heavy atom. The predicted octanol–water partition coefficient (Wildman–Crippen LogP) is 2.32. The zero-order valence-electron chi connectivity index (χ0n) is 8.59. The molecule has 1 aliphatic rings. The van der Waals surface area contributed by atoms with E-state index in [2.05, 4.69) is 6.07 Å². The van der Waals surface area contributed by atoms with Crippen LogP contribution in [0.4, 0.5) is 4.39 Å². The minimum absolute atomic E-state index is 0.201. The number of rotatable bonds is 2. The zero-order valence-corrected chi connectivity index (χ0v) is 8.59. The maximum Gasteiger partial charge on any atom is 0.126 e. The molecule has 15 heavy (non-hydrogen) atoms. The van der Waals surface area contributed by atoms with Gasteiger partial charge in [0.25, 0.3) is 0 Å². The number of hydrogen-bond donors (Lipinski definition) is 0. The monoisotopic (exact) mass is 205 g/mol. The van der Waals surface area contributed by atoms with E-state index in [1.165, 1.54) is 6.07 Å². The summed E-state index contributed by atoms with van der Waals surface area (Å²) in [5.74, 6) is -0.203. The van der Waals surface area contributed by atoms with Crippen molar-refractivity contribution < 1.29 is 9.13 Å². The van der Waals surface area contributed by atoms with Gasteiger partial charge in [0, 0.05) is 6.42 Å². The highest BCUT2D eigenvalue weighted by atomic mass is 19.1. The lowest BCUT2D eigenvalue weighted by Crippen LogP contribution is -2.46. The van der Waals surface area contributed by atoms with Gasteiger partial charge >= 0.3 is 0 Å². The predicted molar refractivity (Wildman–Crippen MR) is 53.9 cm³/mol. The van der Waals surface area contributed by atoms with Gasteiger partial charge in [-0.15, -0.1) is 0 Å². The summed E-state index contributed by atoms with van der Waals surface area (Å²) in [5, 5.41) is 8.77. The summed E-state index contributed by atoms with van der Waals surface area (Å²) >= 11 is 0. The van der Waals surface area contributed by atoms with Gasteiger partial charge in [-0.1, -0.05) is 12.1 Å². The van der Waals surface area contributed by atoms with Gasteiger partial charge in [0.15, 0.2) is 0 Å². The van der Waals surface area contributed by atoms with Crippen molar-refractivity contribution in [3.8, 4) is 6.07 Å². The third-order valence-corrected chi connectivity index (χ3v) is 2.94. The Hall–Kier alpha value is -1.40. The van der Waals surface area contributed by atoms with Crippen LogP contribution in [0, 0.1) is 24.1 Å². The molecule has 0 spiro atoms. The van der Waals surface area contributed by atoms with Crippen LogP contribution in [-0.2, 0) is 10.2 Å². The molecule has 0 N–H and O–H groups in total. The Kier molecular flexibility index (Phi) is 2.45. The molecule has 0 radical (unpaired) electrons. The second-order valence-corrected chi connectivity index (χ2v) is 4.07. The van der Waals surface area contributed by atoms with Crippen molar-refractivity contribution >= 4 is 0 Å². The van der Waals surface area contributed by atoms with Crippen LogP contribution in [0.1, 0.15) is 17.5 Å². The minimum atomic E-state index is -0.203. The summed E-state index contributed by atoms with van der Waals surface area (Å²) in [7, 11) is 0. The summed E-state index contributed by atoms with van der Waals surface area (Å²) in [6.45, 7) is 2.86. The molecule has 0 unspecified atom stereocenters. The van der Waals surface area contributed by atoms with E-state index < -0.39 is 0 Å². The largest absolute Gasteiger partial charge is 0.379 e. The van der Waals surface area contributed by atoms with Crippen LogP contribution in [0.25, 0.3) is 0 Å². The number of nitriles is 1. The van der Waals surface area contributed by atoms with Gasteiger partial charge in [-0.05, 0) is 24.1 Å². The fourth-order valence-electron chi connectivity index (χ4n) is 1.85. The molecule has 1 fully saturated rings. The lowest BCUT2D eigenvalue weighted by Gasteiger charge is -2.40. The van der Waals surface area contributed by atoms with Gasteiger partial charge in [-0.2, -0.15) is 5.26 Å². The van der Waals surface area contributed by atoms with E-state index in [9.17, 15) is 4.39 Å². The van der Waals surface area contributed by atoms with Gasteiger partial charge < -0.3 is 4.74 Å². The molecule has 0 aliphatic carbocycles. The molecule has 1 saturated heterocycles. The summed E-state index contributed by atoms with van der Waals surface area (Å²) in [5.41, 5.74) is 1.43. The first-order valence-corrected chi connectivity index (χ1v) is 4.89. The maximum atomic E-state index is 13.1. The summed E-state index contributed by atoms with van der Waals surface area (Å²) in [6, 6.07) is 7.20. The van der Waals surface area contributed by atoms with Gasteiger partial charge in [-0.25, -0.2) is 4.39 Å². The lowest BCUT2D eigenvalue weighted by molar-refractivity contribution is -0.0577. The average molecular weight is 205 g/mol. The summed E-state index contributed by atoms with van der Waals surface area (Å²) in [6.07, 6.45) is 0.429. The minimum Gasteiger partial charge on any atom is -0.379 e. The smallest absolute Gasteiger partial charge is 0.126 e. The number of halogens is 1. The molecule has 78 valence electrons. The first-order valence-electron chi connectivity index (χ1n) is 4.89. The SMILES string of the molecule is Cc1cc(C2(CC#N)COC2)ccc1F. The molecule has 0 atom stereocenters. The molecule has 2 rings (SSSR count). The molecule has 0 bridgehead atoms. The van der Waals surface area contributed by atoms with Crippen molar-refractivity contribution in [3.63, 3.8) is 0 Å². The van der Waals surface area contributed by atoms with Gasteiger partial charge in [0.05, 0.1) is 24.7 Å². The molecule has 0 aromatic heterocycles. The second-order valence-electron chi connectivity index (χ2n) is 4.07. The molecular formula is C12H12FNO. The van der Waals surface area contributed by atoms with Crippen molar-refractivity contribution in [1.29, 1.82) is 5.26 Å². The highest BCUT2D eigenvalue weighted by Gasteiger charge is 2.40. The van der Waals surface area contributed by atoms with Gasteiger partial charge in [0.2, 0.25) is 0 Å². The Labute approximate surface area is 88.3 Å². The lowest BCUT2D eigenvalue weighted by atomic mass is 9.76. The topological polar surface area (TPSA) is 33.0 Å². The highest BCUT2D eigenvalue weighted by Crippen LogP contribution is 2.36. The number of hydrogen-bond acceptors (Lipinski definition) is 2. The Bertz CT molecular complexity index is 418. The van der Waals surface area contributed by atoms with Crippen LogP contribution in [0.5, 0.6) is 0 Å². The summed E-state index contributed by atoms with van der Waals surface area (Å²) in [4.78, 5) is 0. The number of nitrogens with zero attached hydrogens (tertiary/aromatic N) is 1. The fourth-order valence-corrected chi connectivity index (χ4v) is 1.85. The normalized spacial score (nSPS) is 17.9. The van der Waals surface area contributed by atoms with Crippen LogP contribution in [0.15, 0.2) is 18.2 Å². The second kappa shape index (κ2) is 3.63. The molecule has 1 aromatic carbocycles.